The van der Waals surface area contributed by atoms with Crippen molar-refractivity contribution in [2.45, 2.75) is 25.1 Å². The number of primary amides is 1. The summed E-state index contributed by atoms with van der Waals surface area (Å²) in [7, 11) is 1.17. The maximum Gasteiger partial charge on any atom is 0.416 e. The second-order valence-electron chi connectivity index (χ2n) is 4.62. The number of carbonyl (C=O) groups excluding carboxylic acids is 3. The fourth-order valence-electron chi connectivity index (χ4n) is 1.70. The zero-order chi connectivity index (χ0) is 17.6. The molecule has 0 unspecified atom stereocenters. The van der Waals surface area contributed by atoms with Crippen molar-refractivity contribution in [2.75, 3.05) is 7.11 Å². The summed E-state index contributed by atoms with van der Waals surface area (Å²) in [5, 5.41) is 2.27. The Morgan fingerprint density at radius 2 is 1.78 bits per heavy atom. The van der Waals surface area contributed by atoms with Crippen LogP contribution in [0.15, 0.2) is 24.3 Å². The molecule has 3 N–H and O–H groups in total. The number of esters is 1. The van der Waals surface area contributed by atoms with Gasteiger partial charge in [-0.2, -0.15) is 13.2 Å². The summed E-state index contributed by atoms with van der Waals surface area (Å²) in [4.78, 5) is 34.2. The number of hydrogen-bond donors (Lipinski definition) is 2. The number of alkyl halides is 3. The van der Waals surface area contributed by atoms with E-state index < -0.39 is 35.6 Å². The van der Waals surface area contributed by atoms with Gasteiger partial charge in [0.05, 0.1) is 12.7 Å². The Morgan fingerprint density at radius 3 is 2.22 bits per heavy atom. The molecule has 0 saturated heterocycles. The minimum Gasteiger partial charge on any atom is -0.469 e. The van der Waals surface area contributed by atoms with Gasteiger partial charge in [0.15, 0.2) is 0 Å². The van der Waals surface area contributed by atoms with E-state index in [-0.39, 0.29) is 18.4 Å². The second-order valence-corrected chi connectivity index (χ2v) is 4.62. The standard InChI is InChI=1S/C14H15F3N2O4/c1-23-11(20)7-6-10(12(18)21)19-13(22)8-2-4-9(5-3-8)14(15,16)17/h2-5,10H,6-7H2,1H3,(H2,18,21)(H,19,22)/t10-/m0/s1. The fraction of sp³-hybridized carbons (Fsp3) is 0.357. The predicted molar refractivity (Wildman–Crippen MR) is 73.1 cm³/mol. The maximum absolute atomic E-state index is 12.4. The number of nitrogens with one attached hydrogen (secondary N) is 1. The molecule has 1 rings (SSSR count). The Labute approximate surface area is 129 Å². The molecule has 1 aromatic rings. The molecule has 0 aliphatic heterocycles. The lowest BCUT2D eigenvalue weighted by atomic mass is 10.1. The van der Waals surface area contributed by atoms with Crippen LogP contribution in [0, 0.1) is 0 Å². The van der Waals surface area contributed by atoms with E-state index in [1.807, 2.05) is 0 Å². The van der Waals surface area contributed by atoms with Gasteiger partial charge in [-0.1, -0.05) is 0 Å². The van der Waals surface area contributed by atoms with Gasteiger partial charge >= 0.3 is 12.1 Å². The Morgan fingerprint density at radius 1 is 1.22 bits per heavy atom. The van der Waals surface area contributed by atoms with Crippen LogP contribution in [0.5, 0.6) is 0 Å². The van der Waals surface area contributed by atoms with Crippen LogP contribution in [-0.2, 0) is 20.5 Å². The first-order valence-electron chi connectivity index (χ1n) is 6.49. The fourth-order valence-corrected chi connectivity index (χ4v) is 1.70. The van der Waals surface area contributed by atoms with E-state index in [4.69, 9.17) is 5.73 Å². The van der Waals surface area contributed by atoms with Gasteiger partial charge in [0.1, 0.15) is 6.04 Å². The summed E-state index contributed by atoms with van der Waals surface area (Å²) < 4.78 is 41.7. The topological polar surface area (TPSA) is 98.5 Å². The van der Waals surface area contributed by atoms with E-state index >= 15 is 0 Å². The lowest BCUT2D eigenvalue weighted by Gasteiger charge is -2.15. The number of hydrogen-bond acceptors (Lipinski definition) is 4. The Balaban J connectivity index is 2.75. The normalized spacial score (nSPS) is 12.3. The highest BCUT2D eigenvalue weighted by molar-refractivity contribution is 5.97. The van der Waals surface area contributed by atoms with Crippen molar-refractivity contribution in [1.29, 1.82) is 0 Å². The van der Waals surface area contributed by atoms with E-state index in [0.29, 0.717) is 0 Å². The SMILES string of the molecule is COC(=O)CC[C@H](NC(=O)c1ccc(C(F)(F)F)cc1)C(N)=O. The van der Waals surface area contributed by atoms with Crippen LogP contribution >= 0.6 is 0 Å². The average Bonchev–Trinajstić information content (AvgIpc) is 2.49. The van der Waals surface area contributed by atoms with E-state index in [9.17, 15) is 27.6 Å². The number of methoxy groups -OCH3 is 1. The quantitative estimate of drug-likeness (QED) is 0.766. The summed E-state index contributed by atoms with van der Waals surface area (Å²) in [6, 6.07) is 2.34. The highest BCUT2D eigenvalue weighted by Gasteiger charge is 2.30. The number of benzene rings is 1. The van der Waals surface area contributed by atoms with Gasteiger partial charge in [0.2, 0.25) is 5.91 Å². The first-order chi connectivity index (χ1) is 10.6. The van der Waals surface area contributed by atoms with Crippen molar-refractivity contribution in [3.63, 3.8) is 0 Å². The summed E-state index contributed by atoms with van der Waals surface area (Å²) >= 11 is 0. The van der Waals surface area contributed by atoms with Gasteiger partial charge in [-0.15, -0.1) is 0 Å². The highest BCUT2D eigenvalue weighted by Crippen LogP contribution is 2.29. The molecule has 0 spiro atoms. The molecule has 0 aromatic heterocycles. The zero-order valence-corrected chi connectivity index (χ0v) is 12.1. The Kier molecular flexibility index (Phi) is 6.11. The van der Waals surface area contributed by atoms with Gasteiger partial charge < -0.3 is 15.8 Å². The molecule has 2 amide bonds. The minimum absolute atomic E-state index is 0.0673. The van der Waals surface area contributed by atoms with Crippen LogP contribution < -0.4 is 11.1 Å². The van der Waals surface area contributed by atoms with Crippen LogP contribution in [0.2, 0.25) is 0 Å². The smallest absolute Gasteiger partial charge is 0.416 e. The summed E-state index contributed by atoms with van der Waals surface area (Å²) in [5.41, 5.74) is 4.15. The number of halogens is 3. The molecular weight excluding hydrogens is 317 g/mol. The molecule has 0 fully saturated rings. The van der Waals surface area contributed by atoms with Crippen LogP contribution in [-0.4, -0.2) is 30.9 Å². The van der Waals surface area contributed by atoms with Crippen molar-refractivity contribution in [3.8, 4) is 0 Å². The number of ether oxygens (including phenoxy) is 1. The maximum atomic E-state index is 12.4. The predicted octanol–water partition coefficient (Wildman–Crippen LogP) is 1.24. The number of nitrogens with two attached hydrogens (primary N) is 1. The van der Waals surface area contributed by atoms with Gasteiger partial charge in [0.25, 0.3) is 5.91 Å². The molecule has 0 saturated carbocycles. The first-order valence-corrected chi connectivity index (χ1v) is 6.49. The second kappa shape index (κ2) is 7.61. The van der Waals surface area contributed by atoms with E-state index in [1.54, 1.807) is 0 Å². The molecule has 1 atom stereocenters. The van der Waals surface area contributed by atoms with E-state index in [2.05, 4.69) is 10.1 Å². The van der Waals surface area contributed by atoms with E-state index in [0.717, 1.165) is 24.3 Å². The molecule has 23 heavy (non-hydrogen) atoms. The largest absolute Gasteiger partial charge is 0.469 e. The van der Waals surface area contributed by atoms with Crippen molar-refractivity contribution in [2.24, 2.45) is 5.73 Å². The Hall–Kier alpha value is -2.58. The third-order valence-corrected chi connectivity index (χ3v) is 2.99. The van der Waals surface area contributed by atoms with Crippen LogP contribution in [0.1, 0.15) is 28.8 Å². The van der Waals surface area contributed by atoms with Crippen LogP contribution in [0.4, 0.5) is 13.2 Å². The Bertz CT molecular complexity index is 585. The van der Waals surface area contributed by atoms with Crippen molar-refractivity contribution in [1.82, 2.24) is 5.32 Å². The zero-order valence-electron chi connectivity index (χ0n) is 12.1. The lowest BCUT2D eigenvalue weighted by molar-refractivity contribution is -0.141. The van der Waals surface area contributed by atoms with Crippen molar-refractivity contribution in [3.05, 3.63) is 35.4 Å². The summed E-state index contributed by atoms with van der Waals surface area (Å²) in [6.07, 6.45) is -4.73. The van der Waals surface area contributed by atoms with Gasteiger partial charge in [0, 0.05) is 12.0 Å². The minimum atomic E-state index is -4.51. The van der Waals surface area contributed by atoms with Gasteiger partial charge in [-0.3, -0.25) is 14.4 Å². The van der Waals surface area contributed by atoms with E-state index in [1.165, 1.54) is 7.11 Å². The summed E-state index contributed by atoms with van der Waals surface area (Å²) in [6.45, 7) is 0. The molecule has 9 heteroatoms. The van der Waals surface area contributed by atoms with Gasteiger partial charge in [-0.05, 0) is 30.7 Å². The van der Waals surface area contributed by atoms with Crippen LogP contribution in [0.3, 0.4) is 0 Å². The number of rotatable bonds is 6. The highest BCUT2D eigenvalue weighted by atomic mass is 19.4. The van der Waals surface area contributed by atoms with Gasteiger partial charge in [-0.25, -0.2) is 0 Å². The summed E-state index contributed by atoms with van der Waals surface area (Å²) in [5.74, 6) is -2.22. The molecule has 0 radical (unpaired) electrons. The molecule has 0 bridgehead atoms. The molecular formula is C14H15F3N2O4. The lowest BCUT2D eigenvalue weighted by Crippen LogP contribution is -2.44. The van der Waals surface area contributed by atoms with Crippen molar-refractivity contribution >= 4 is 17.8 Å². The third-order valence-electron chi connectivity index (χ3n) is 2.99. The van der Waals surface area contributed by atoms with Crippen LogP contribution in [0.25, 0.3) is 0 Å². The first kappa shape index (κ1) is 18.5. The molecule has 1 aromatic carbocycles. The third kappa shape index (κ3) is 5.61. The average molecular weight is 332 g/mol. The number of carbonyl (C=O) groups is 3. The molecule has 126 valence electrons. The molecule has 0 aliphatic rings. The monoisotopic (exact) mass is 332 g/mol. The van der Waals surface area contributed by atoms with Crippen molar-refractivity contribution < 1.29 is 32.3 Å². The molecule has 6 nitrogen and oxygen atoms in total. The molecule has 0 aliphatic carbocycles. The molecule has 0 heterocycles. The number of amides is 2.